The quantitative estimate of drug-likeness (QED) is 0.611. The van der Waals surface area contributed by atoms with Crippen LogP contribution < -0.4 is 4.74 Å². The molecule has 1 aromatic rings. The fraction of sp³-hybridized carbons (Fsp3) is 0.250. The monoisotopic (exact) mass is 401 g/mol. The number of halogens is 7. The van der Waals surface area contributed by atoms with Gasteiger partial charge in [0.2, 0.25) is 0 Å². The Hall–Kier alpha value is -1.27. The summed E-state index contributed by atoms with van der Waals surface area (Å²) in [7, 11) is 0. The Morgan fingerprint density at radius 1 is 1.26 bits per heavy atom. The lowest BCUT2D eigenvalue weighted by atomic mass is 10.2. The molecule has 0 unspecified atom stereocenters. The van der Waals surface area contributed by atoms with E-state index in [2.05, 4.69) is 9.72 Å². The first-order valence-corrected chi connectivity index (χ1v) is 5.26. The van der Waals surface area contributed by atoms with Crippen molar-refractivity contribution in [2.24, 2.45) is 0 Å². The van der Waals surface area contributed by atoms with Gasteiger partial charge in [0.15, 0.2) is 11.4 Å². The normalized spacial score (nSPS) is 12.4. The molecule has 19 heavy (non-hydrogen) atoms. The van der Waals surface area contributed by atoms with Gasteiger partial charge in [0.05, 0.1) is 9.77 Å². The van der Waals surface area contributed by atoms with E-state index in [1.165, 1.54) is 0 Å². The highest BCUT2D eigenvalue weighted by molar-refractivity contribution is 14.1. The summed E-state index contributed by atoms with van der Waals surface area (Å²) in [6.45, 7) is 0. The fourth-order valence-corrected chi connectivity index (χ4v) is 2.01. The lowest BCUT2D eigenvalue weighted by molar-refractivity contribution is -0.274. The van der Waals surface area contributed by atoms with Crippen LogP contribution in [0.4, 0.5) is 26.3 Å². The average Bonchev–Trinajstić information content (AvgIpc) is 2.11. The van der Waals surface area contributed by atoms with E-state index in [0.29, 0.717) is 0 Å². The highest BCUT2D eigenvalue weighted by Gasteiger charge is 2.40. The summed E-state index contributed by atoms with van der Waals surface area (Å²) in [4.78, 5) is 13.5. The van der Waals surface area contributed by atoms with E-state index in [4.69, 9.17) is 5.11 Å². The molecule has 11 heteroatoms. The third kappa shape index (κ3) is 3.84. The minimum atomic E-state index is -5.24. The SMILES string of the molecule is O=C(O)c1c(OC(F)(F)F)cnc(C(F)(F)F)c1I. The van der Waals surface area contributed by atoms with Crippen molar-refractivity contribution in [3.05, 3.63) is 21.0 Å². The van der Waals surface area contributed by atoms with E-state index in [0.717, 1.165) is 22.6 Å². The molecule has 1 heterocycles. The molecule has 1 aromatic heterocycles. The molecule has 0 aliphatic carbocycles. The van der Waals surface area contributed by atoms with Crippen molar-refractivity contribution in [3.8, 4) is 5.75 Å². The second kappa shape index (κ2) is 5.02. The molecule has 0 aliphatic rings. The molecule has 4 nitrogen and oxygen atoms in total. The number of hydrogen-bond donors (Lipinski definition) is 1. The number of nitrogens with zero attached hydrogens (tertiary/aromatic N) is 1. The van der Waals surface area contributed by atoms with E-state index in [1.807, 2.05) is 0 Å². The van der Waals surface area contributed by atoms with Crippen molar-refractivity contribution in [1.29, 1.82) is 0 Å². The van der Waals surface area contributed by atoms with E-state index in [1.54, 1.807) is 0 Å². The maximum absolute atomic E-state index is 12.4. The Labute approximate surface area is 114 Å². The van der Waals surface area contributed by atoms with Crippen molar-refractivity contribution in [1.82, 2.24) is 4.98 Å². The summed E-state index contributed by atoms with van der Waals surface area (Å²) < 4.78 is 75.6. The third-order valence-corrected chi connectivity index (χ3v) is 2.74. The predicted molar refractivity (Wildman–Crippen MR) is 55.6 cm³/mol. The first-order chi connectivity index (χ1) is 8.43. The highest BCUT2D eigenvalue weighted by atomic mass is 127. The molecule has 0 bridgehead atoms. The largest absolute Gasteiger partial charge is 0.573 e. The number of aromatic carboxylic acids is 1. The van der Waals surface area contributed by atoms with E-state index >= 15 is 0 Å². The number of alkyl halides is 6. The van der Waals surface area contributed by atoms with Crippen molar-refractivity contribution < 1.29 is 41.0 Å². The Bertz CT molecular complexity index is 512. The maximum atomic E-state index is 12.4. The number of aromatic nitrogens is 1. The Balaban J connectivity index is 3.45. The zero-order valence-corrected chi connectivity index (χ0v) is 10.6. The molecule has 0 radical (unpaired) electrons. The molecule has 0 aliphatic heterocycles. The topological polar surface area (TPSA) is 59.4 Å². The van der Waals surface area contributed by atoms with Crippen LogP contribution in [0.25, 0.3) is 0 Å². The summed E-state index contributed by atoms with van der Waals surface area (Å²) in [6, 6.07) is 0. The smallest absolute Gasteiger partial charge is 0.478 e. The van der Waals surface area contributed by atoms with Gasteiger partial charge in [-0.05, 0) is 22.6 Å². The van der Waals surface area contributed by atoms with Gasteiger partial charge in [-0.2, -0.15) is 13.2 Å². The van der Waals surface area contributed by atoms with Crippen LogP contribution >= 0.6 is 22.6 Å². The minimum absolute atomic E-state index is 0.0714. The van der Waals surface area contributed by atoms with E-state index in [9.17, 15) is 31.1 Å². The highest BCUT2D eigenvalue weighted by Crippen LogP contribution is 2.37. The summed E-state index contributed by atoms with van der Waals surface area (Å²) in [5.41, 5.74) is -2.85. The lowest BCUT2D eigenvalue weighted by Gasteiger charge is -2.15. The first kappa shape index (κ1) is 15.8. The summed E-state index contributed by atoms with van der Waals surface area (Å²) in [5, 5.41) is 8.69. The molecule has 1 N–H and O–H groups in total. The van der Waals surface area contributed by atoms with E-state index < -0.39 is 39.1 Å². The van der Waals surface area contributed by atoms with E-state index in [-0.39, 0.29) is 6.20 Å². The van der Waals surface area contributed by atoms with Crippen LogP contribution in [-0.4, -0.2) is 22.4 Å². The van der Waals surface area contributed by atoms with Gasteiger partial charge < -0.3 is 9.84 Å². The van der Waals surface area contributed by atoms with Gasteiger partial charge in [-0.1, -0.05) is 0 Å². The van der Waals surface area contributed by atoms with Crippen LogP contribution in [0.3, 0.4) is 0 Å². The molecule has 0 amide bonds. The second-order valence-corrected chi connectivity index (χ2v) is 4.09. The van der Waals surface area contributed by atoms with Gasteiger partial charge >= 0.3 is 18.5 Å². The van der Waals surface area contributed by atoms with Crippen LogP contribution in [-0.2, 0) is 6.18 Å². The van der Waals surface area contributed by atoms with Gasteiger partial charge in [-0.15, -0.1) is 13.2 Å². The molecule has 0 saturated heterocycles. The number of carboxylic acids is 1. The van der Waals surface area contributed by atoms with Gasteiger partial charge in [0.1, 0.15) is 5.56 Å². The Morgan fingerprint density at radius 2 is 1.79 bits per heavy atom. The molecule has 0 saturated carbocycles. The van der Waals surface area contributed by atoms with Crippen LogP contribution in [0.2, 0.25) is 0 Å². The second-order valence-electron chi connectivity index (χ2n) is 3.01. The summed E-state index contributed by atoms with van der Waals surface area (Å²) >= 11 is 0.948. The standard InChI is InChI=1S/C8H2F6INO3/c9-7(10,11)5-4(15)3(6(17)18)2(1-16-5)19-8(12,13)14/h1H,(H,17,18). The van der Waals surface area contributed by atoms with Crippen LogP contribution in [0, 0.1) is 3.57 Å². The molecule has 0 spiro atoms. The third-order valence-electron chi connectivity index (χ3n) is 1.69. The molecule has 106 valence electrons. The number of hydrogen-bond acceptors (Lipinski definition) is 3. The maximum Gasteiger partial charge on any atom is 0.573 e. The van der Waals surface area contributed by atoms with Crippen LogP contribution in [0.15, 0.2) is 6.20 Å². The molecule has 0 aromatic carbocycles. The number of carboxylic acid groups (broad SMARTS) is 1. The van der Waals surface area contributed by atoms with Crippen LogP contribution in [0.5, 0.6) is 5.75 Å². The fourth-order valence-electron chi connectivity index (χ4n) is 1.07. The lowest BCUT2D eigenvalue weighted by Crippen LogP contribution is -2.21. The van der Waals surface area contributed by atoms with Gasteiger partial charge in [-0.3, -0.25) is 0 Å². The van der Waals surface area contributed by atoms with Crippen LogP contribution in [0.1, 0.15) is 16.1 Å². The Kier molecular flexibility index (Phi) is 4.17. The first-order valence-electron chi connectivity index (χ1n) is 4.18. The summed E-state index contributed by atoms with van der Waals surface area (Å²) in [5.74, 6) is -3.30. The van der Waals surface area contributed by atoms with Crippen molar-refractivity contribution in [3.63, 3.8) is 0 Å². The zero-order chi connectivity index (χ0) is 15.0. The zero-order valence-electron chi connectivity index (χ0n) is 8.43. The number of ether oxygens (including phenoxy) is 1. The molecular weight excluding hydrogens is 399 g/mol. The van der Waals surface area contributed by atoms with Crippen molar-refractivity contribution >= 4 is 28.6 Å². The number of carbonyl (C=O) groups is 1. The van der Waals surface area contributed by atoms with Crippen molar-refractivity contribution in [2.45, 2.75) is 12.5 Å². The summed E-state index contributed by atoms with van der Waals surface area (Å²) in [6.07, 6.45) is -10.2. The molecule has 0 atom stereocenters. The van der Waals surface area contributed by atoms with Crippen molar-refractivity contribution in [2.75, 3.05) is 0 Å². The minimum Gasteiger partial charge on any atom is -0.478 e. The molecule has 0 fully saturated rings. The number of rotatable bonds is 2. The van der Waals surface area contributed by atoms with Gasteiger partial charge in [0.25, 0.3) is 0 Å². The van der Waals surface area contributed by atoms with Gasteiger partial charge in [-0.25, -0.2) is 9.78 Å². The van der Waals surface area contributed by atoms with Gasteiger partial charge in [0, 0.05) is 0 Å². The number of pyridine rings is 1. The predicted octanol–water partition coefficient (Wildman–Crippen LogP) is 3.30. The molecule has 1 rings (SSSR count). The average molecular weight is 401 g/mol. The Morgan fingerprint density at radius 3 is 2.16 bits per heavy atom. The molecular formula is C8H2F6INO3.